The number of hydrogen-bond acceptors (Lipinski definition) is 6. The Hall–Kier alpha value is -4.21. The van der Waals surface area contributed by atoms with Crippen LogP contribution in [0.15, 0.2) is 42.6 Å². The van der Waals surface area contributed by atoms with Crippen molar-refractivity contribution in [3.05, 3.63) is 75.1 Å². The van der Waals surface area contributed by atoms with Crippen molar-refractivity contribution < 1.29 is 24.4 Å². The number of non-ortho nitro benzene ring substituents is 1. The topological polar surface area (TPSA) is 137 Å². The first-order valence-electron chi connectivity index (χ1n) is 9.74. The van der Waals surface area contributed by atoms with Gasteiger partial charge in [0, 0.05) is 24.8 Å². The van der Waals surface area contributed by atoms with Crippen molar-refractivity contribution in [1.82, 2.24) is 9.78 Å². The van der Waals surface area contributed by atoms with Crippen LogP contribution in [0.3, 0.4) is 0 Å². The minimum Gasteiger partial charge on any atom is -0.477 e. The predicted octanol–water partition coefficient (Wildman–Crippen LogP) is 4.24. The number of nitrogens with zero attached hydrogens (tertiary/aromatic N) is 3. The maximum atomic E-state index is 12.4. The van der Waals surface area contributed by atoms with E-state index in [1.807, 2.05) is 32.9 Å². The van der Waals surface area contributed by atoms with Crippen LogP contribution in [0.1, 0.15) is 33.6 Å². The summed E-state index contributed by atoms with van der Waals surface area (Å²) in [5, 5.41) is 27.0. The first kappa shape index (κ1) is 22.5. The zero-order valence-corrected chi connectivity index (χ0v) is 17.8. The Morgan fingerprint density at radius 1 is 1.19 bits per heavy atom. The van der Waals surface area contributed by atoms with Crippen molar-refractivity contribution in [2.75, 3.05) is 5.32 Å². The third-order valence-electron chi connectivity index (χ3n) is 4.86. The summed E-state index contributed by atoms with van der Waals surface area (Å²) in [5.41, 5.74) is 2.84. The lowest BCUT2D eigenvalue weighted by Crippen LogP contribution is -2.17. The van der Waals surface area contributed by atoms with Crippen molar-refractivity contribution in [3.8, 4) is 11.5 Å². The lowest BCUT2D eigenvalue weighted by atomic mass is 10.1. The highest BCUT2D eigenvalue weighted by Crippen LogP contribution is 2.33. The van der Waals surface area contributed by atoms with E-state index in [-0.39, 0.29) is 35.8 Å². The fraction of sp³-hybridized carbons (Fsp3) is 0.227. The number of nitro groups is 1. The van der Waals surface area contributed by atoms with Gasteiger partial charge >= 0.3 is 5.97 Å². The summed E-state index contributed by atoms with van der Waals surface area (Å²) in [4.78, 5) is 34.3. The van der Waals surface area contributed by atoms with Crippen LogP contribution in [0.2, 0.25) is 0 Å². The smallest absolute Gasteiger partial charge is 0.354 e. The van der Waals surface area contributed by atoms with Crippen LogP contribution in [-0.4, -0.2) is 31.7 Å². The monoisotopic (exact) mass is 438 g/mol. The molecule has 32 heavy (non-hydrogen) atoms. The van der Waals surface area contributed by atoms with Crippen molar-refractivity contribution >= 4 is 23.3 Å². The van der Waals surface area contributed by atoms with E-state index in [0.29, 0.717) is 5.75 Å². The first-order valence-corrected chi connectivity index (χ1v) is 9.74. The van der Waals surface area contributed by atoms with Crippen LogP contribution >= 0.6 is 0 Å². The summed E-state index contributed by atoms with van der Waals surface area (Å²) in [6.07, 6.45) is 1.26. The summed E-state index contributed by atoms with van der Waals surface area (Å²) in [6.45, 7) is 5.81. The van der Waals surface area contributed by atoms with E-state index < -0.39 is 16.8 Å². The fourth-order valence-corrected chi connectivity index (χ4v) is 3.18. The number of anilines is 1. The average Bonchev–Trinajstić information content (AvgIpc) is 3.19. The van der Waals surface area contributed by atoms with Gasteiger partial charge in [0.2, 0.25) is 5.91 Å². The van der Waals surface area contributed by atoms with Crippen LogP contribution < -0.4 is 10.1 Å². The highest BCUT2D eigenvalue weighted by molar-refractivity contribution is 5.91. The lowest BCUT2D eigenvalue weighted by molar-refractivity contribution is -0.384. The van der Waals surface area contributed by atoms with E-state index >= 15 is 0 Å². The molecule has 1 amide bonds. The summed E-state index contributed by atoms with van der Waals surface area (Å²) >= 11 is 0. The van der Waals surface area contributed by atoms with Crippen LogP contribution in [0, 0.1) is 30.9 Å². The van der Waals surface area contributed by atoms with Gasteiger partial charge in [-0.1, -0.05) is 6.07 Å². The molecular formula is C22H22N4O6. The zero-order valence-electron chi connectivity index (χ0n) is 17.8. The summed E-state index contributed by atoms with van der Waals surface area (Å²) in [7, 11) is 0. The summed E-state index contributed by atoms with van der Waals surface area (Å²) in [5.74, 6) is -0.820. The molecule has 0 bridgehead atoms. The Balaban J connectivity index is 1.78. The van der Waals surface area contributed by atoms with Gasteiger partial charge in [-0.25, -0.2) is 4.79 Å². The van der Waals surface area contributed by atoms with Gasteiger partial charge < -0.3 is 15.2 Å². The third kappa shape index (κ3) is 5.28. The second-order valence-electron chi connectivity index (χ2n) is 7.32. The van der Waals surface area contributed by atoms with E-state index in [1.165, 1.54) is 35.1 Å². The number of carbonyl (C=O) groups is 2. The van der Waals surface area contributed by atoms with Crippen molar-refractivity contribution in [1.29, 1.82) is 0 Å². The number of nitrogens with one attached hydrogen (secondary N) is 1. The molecule has 0 aliphatic rings. The fourth-order valence-electron chi connectivity index (χ4n) is 3.18. The number of carboxylic acid groups (broad SMARTS) is 1. The number of aromatic carboxylic acids is 1. The molecule has 0 radical (unpaired) electrons. The normalized spacial score (nSPS) is 10.6. The number of carbonyl (C=O) groups excluding carboxylic acids is 1. The molecule has 2 aromatic carbocycles. The largest absolute Gasteiger partial charge is 0.477 e. The number of carboxylic acids is 1. The molecular weight excluding hydrogens is 416 g/mol. The maximum Gasteiger partial charge on any atom is 0.354 e. The molecule has 0 saturated heterocycles. The molecule has 166 valence electrons. The van der Waals surface area contributed by atoms with Crippen LogP contribution in [0.5, 0.6) is 11.5 Å². The lowest BCUT2D eigenvalue weighted by Gasteiger charge is -2.13. The number of aromatic nitrogens is 2. The molecule has 10 nitrogen and oxygen atoms in total. The number of hydrogen-bond donors (Lipinski definition) is 2. The molecule has 0 unspecified atom stereocenters. The number of benzene rings is 2. The highest BCUT2D eigenvalue weighted by Gasteiger charge is 2.16. The standard InChI is InChI=1S/C22H22N4O6/c1-13-8-14(2)15(3)20(9-13)32-18-11-16(10-17(12-18)26(30)31)24-21(27)5-7-25-19(22(28)29)4-6-23-25/h4,6,8-12H,5,7H2,1-3H3,(H,24,27)(H,28,29). The second kappa shape index (κ2) is 9.29. The molecule has 2 N–H and O–H groups in total. The molecule has 0 aliphatic heterocycles. The predicted molar refractivity (Wildman–Crippen MR) is 116 cm³/mol. The van der Waals surface area contributed by atoms with E-state index in [9.17, 15) is 19.7 Å². The van der Waals surface area contributed by atoms with E-state index in [0.717, 1.165) is 16.7 Å². The zero-order chi connectivity index (χ0) is 23.4. The minimum absolute atomic E-state index is 0.0346. The molecule has 3 aromatic rings. The molecule has 10 heteroatoms. The Morgan fingerprint density at radius 3 is 2.62 bits per heavy atom. The Morgan fingerprint density at radius 2 is 1.94 bits per heavy atom. The van der Waals surface area contributed by atoms with Gasteiger partial charge in [-0.2, -0.15) is 5.10 Å². The number of aryl methyl sites for hydroxylation is 3. The van der Waals surface area contributed by atoms with Gasteiger partial charge in [0.05, 0.1) is 23.2 Å². The van der Waals surface area contributed by atoms with Crippen LogP contribution in [0.4, 0.5) is 11.4 Å². The maximum absolute atomic E-state index is 12.4. The van der Waals surface area contributed by atoms with Crippen molar-refractivity contribution in [2.24, 2.45) is 0 Å². The van der Waals surface area contributed by atoms with Gasteiger partial charge in [0.15, 0.2) is 0 Å². The van der Waals surface area contributed by atoms with E-state index in [4.69, 9.17) is 9.84 Å². The van der Waals surface area contributed by atoms with Gasteiger partial charge in [-0.15, -0.1) is 0 Å². The Kier molecular flexibility index (Phi) is 6.53. The van der Waals surface area contributed by atoms with Crippen molar-refractivity contribution in [2.45, 2.75) is 33.7 Å². The molecule has 1 heterocycles. The second-order valence-corrected chi connectivity index (χ2v) is 7.32. The summed E-state index contributed by atoms with van der Waals surface area (Å²) < 4.78 is 7.11. The molecule has 0 fully saturated rings. The molecule has 0 saturated carbocycles. The minimum atomic E-state index is -1.15. The Bertz CT molecular complexity index is 1200. The first-order chi connectivity index (χ1) is 15.1. The average molecular weight is 438 g/mol. The van der Waals surface area contributed by atoms with Gasteiger partial charge in [0.1, 0.15) is 17.2 Å². The number of nitro benzene ring substituents is 1. The molecule has 0 atom stereocenters. The van der Waals surface area contributed by atoms with Crippen molar-refractivity contribution in [3.63, 3.8) is 0 Å². The van der Waals surface area contributed by atoms with E-state index in [2.05, 4.69) is 10.4 Å². The van der Waals surface area contributed by atoms with Gasteiger partial charge in [-0.3, -0.25) is 19.6 Å². The Labute approximate surface area is 183 Å². The third-order valence-corrected chi connectivity index (χ3v) is 4.86. The van der Waals surface area contributed by atoms with Gasteiger partial charge in [-0.05, 0) is 49.6 Å². The summed E-state index contributed by atoms with van der Waals surface area (Å²) in [6, 6.07) is 9.20. The van der Waals surface area contributed by atoms with E-state index in [1.54, 1.807) is 0 Å². The quantitative estimate of drug-likeness (QED) is 0.396. The molecule has 0 spiro atoms. The number of ether oxygens (including phenoxy) is 1. The van der Waals surface area contributed by atoms with Gasteiger partial charge in [0.25, 0.3) is 5.69 Å². The van der Waals surface area contributed by atoms with Crippen LogP contribution in [0.25, 0.3) is 0 Å². The molecule has 3 rings (SSSR count). The SMILES string of the molecule is Cc1cc(C)c(C)c(Oc2cc(NC(=O)CCn3nccc3C(=O)O)cc([N+](=O)[O-])c2)c1. The number of rotatable bonds is 8. The highest BCUT2D eigenvalue weighted by atomic mass is 16.6. The molecule has 1 aromatic heterocycles. The van der Waals surface area contributed by atoms with Crippen LogP contribution in [-0.2, 0) is 11.3 Å². The number of amides is 1. The molecule has 0 aliphatic carbocycles.